The lowest BCUT2D eigenvalue weighted by molar-refractivity contribution is 0.0927. The Bertz CT molecular complexity index is 1770. The van der Waals surface area contributed by atoms with Crippen LogP contribution in [0.3, 0.4) is 0 Å². The Hall–Kier alpha value is -2.89. The molecule has 5 heteroatoms. The summed E-state index contributed by atoms with van der Waals surface area (Å²) in [6.45, 7) is 39.7. The number of nitrogens with one attached hydrogen (secondary N) is 1. The van der Waals surface area contributed by atoms with Gasteiger partial charge in [0.15, 0.2) is 0 Å². The van der Waals surface area contributed by atoms with Gasteiger partial charge in [0.05, 0.1) is 8.80 Å². The Balaban J connectivity index is 1.90. The van der Waals surface area contributed by atoms with Gasteiger partial charge in [0.1, 0.15) is 0 Å². The van der Waals surface area contributed by atoms with Crippen LogP contribution in [0.4, 0.5) is 5.69 Å². The zero-order valence-corrected chi connectivity index (χ0v) is 38.5. The molecule has 3 aliphatic rings. The normalized spacial score (nSPS) is 22.5. The highest BCUT2D eigenvalue weighted by molar-refractivity contribution is 8.03. The molecule has 54 heavy (non-hydrogen) atoms. The highest BCUT2D eigenvalue weighted by Gasteiger charge is 2.53. The van der Waals surface area contributed by atoms with Crippen LogP contribution in [-0.2, 0) is 0 Å². The third-order valence-electron chi connectivity index (χ3n) is 11.7. The fourth-order valence-corrected chi connectivity index (χ4v) is 11.1. The summed E-state index contributed by atoms with van der Waals surface area (Å²) in [6, 6.07) is 9.00. The van der Waals surface area contributed by atoms with Crippen LogP contribution in [0.2, 0.25) is 13.1 Å². The van der Waals surface area contributed by atoms with Crippen molar-refractivity contribution in [1.82, 2.24) is 4.90 Å². The van der Waals surface area contributed by atoms with Gasteiger partial charge in [-0.15, -0.1) is 11.8 Å². The first-order valence-electron chi connectivity index (χ1n) is 20.5. The van der Waals surface area contributed by atoms with Gasteiger partial charge in [-0.25, -0.2) is 0 Å². The standard InChI is InChI=1S/C49H72BN2SSi/c1-17-40(54(15)16)21-19-20-38(26-27-47(8,9)10)44(18-2)52-32-41(43(30-34(3)4)51-39-24-22-37(23-25-39)35(5)6)50(31-36(52)7)42-33-53-46-45(42)48(11,12)28-29-49(46,13)14/h17-19,21-26,30-33,35,45-46,51H,3,20,27-29H2,1-2,4-16H3/b21-19-,38-26-,40-17+,43-30+,44-18+. The van der Waals surface area contributed by atoms with Crippen molar-refractivity contribution in [2.75, 3.05) is 5.32 Å². The molecule has 0 amide bonds. The smallest absolute Gasteiger partial charge is 0.236 e. The predicted octanol–water partition coefficient (Wildman–Crippen LogP) is 14.8. The summed E-state index contributed by atoms with van der Waals surface area (Å²) in [7, 11) is -0.524. The molecule has 0 aromatic heterocycles. The number of nitrogens with zero attached hydrogens (tertiary/aromatic N) is 1. The number of hydrogen-bond acceptors (Lipinski definition) is 3. The third-order valence-corrected chi connectivity index (χ3v) is 14.9. The lowest BCUT2D eigenvalue weighted by atomic mass is 9.34. The second-order valence-corrected chi connectivity index (χ2v) is 22.8. The maximum atomic E-state index is 4.40. The van der Waals surface area contributed by atoms with E-state index in [4.69, 9.17) is 0 Å². The van der Waals surface area contributed by atoms with Crippen molar-refractivity contribution >= 4 is 33.0 Å². The SMILES string of the molecule is C=C(C)/C=C(/Nc1ccc(C(C)C)cc1)C1=CN(C(=C/C)/C(=C\CC(C)(C)C)C/C=C\C(=C/C)[Si](C)C)C(C)=CB1C1=CSC2C1C(C)(C)CCC2(C)C. The van der Waals surface area contributed by atoms with E-state index in [1.165, 1.54) is 46.0 Å². The first-order valence-corrected chi connectivity index (χ1v) is 23.9. The monoisotopic (exact) mass is 760 g/mol. The Morgan fingerprint density at radius 2 is 1.70 bits per heavy atom. The van der Waals surface area contributed by atoms with E-state index in [1.807, 2.05) is 0 Å². The molecule has 0 spiro atoms. The number of anilines is 1. The van der Waals surface area contributed by atoms with Crippen LogP contribution < -0.4 is 5.32 Å². The Morgan fingerprint density at radius 1 is 1.06 bits per heavy atom. The zero-order valence-electron chi connectivity index (χ0n) is 36.7. The highest BCUT2D eigenvalue weighted by Crippen LogP contribution is 2.60. The van der Waals surface area contributed by atoms with Crippen molar-refractivity contribution in [3.05, 3.63) is 135 Å². The molecule has 4 rings (SSSR count). The van der Waals surface area contributed by atoms with Gasteiger partial charge in [-0.1, -0.05) is 147 Å². The number of thioether (sulfide) groups is 1. The first kappa shape index (κ1) is 43.8. The molecule has 2 heterocycles. The molecule has 1 radical (unpaired) electrons. The van der Waals surface area contributed by atoms with E-state index in [0.717, 1.165) is 29.8 Å². The molecule has 2 aliphatic heterocycles. The third kappa shape index (κ3) is 10.7. The summed E-state index contributed by atoms with van der Waals surface area (Å²) in [6.07, 6.45) is 21.0. The molecular weight excluding hydrogens is 688 g/mol. The Labute approximate surface area is 338 Å². The molecular formula is C49H72BN2SSi. The molecule has 1 fully saturated rings. The maximum absolute atomic E-state index is 4.40. The summed E-state index contributed by atoms with van der Waals surface area (Å²) >= 11 is 2.09. The molecule has 1 aromatic rings. The van der Waals surface area contributed by atoms with Crippen molar-refractivity contribution < 1.29 is 0 Å². The molecule has 0 bridgehead atoms. The van der Waals surface area contributed by atoms with Gasteiger partial charge in [0.2, 0.25) is 6.71 Å². The summed E-state index contributed by atoms with van der Waals surface area (Å²) in [4.78, 5) is 2.48. The van der Waals surface area contributed by atoms with Gasteiger partial charge in [-0.05, 0) is 122 Å². The molecule has 2 nitrogen and oxygen atoms in total. The quantitative estimate of drug-likeness (QED) is 0.159. The van der Waals surface area contributed by atoms with Crippen LogP contribution >= 0.6 is 11.8 Å². The fraction of sp³-hybridized carbons (Fsp3) is 0.510. The van der Waals surface area contributed by atoms with Crippen molar-refractivity contribution in [3.63, 3.8) is 0 Å². The van der Waals surface area contributed by atoms with Crippen LogP contribution in [0.1, 0.15) is 127 Å². The highest BCUT2D eigenvalue weighted by atomic mass is 32.2. The van der Waals surface area contributed by atoms with Crippen molar-refractivity contribution in [3.8, 4) is 0 Å². The minimum absolute atomic E-state index is 0.150. The lowest BCUT2D eigenvalue weighted by Gasteiger charge is -2.51. The number of hydrogen-bond donors (Lipinski definition) is 1. The van der Waals surface area contributed by atoms with Crippen LogP contribution in [-0.4, -0.2) is 25.7 Å². The van der Waals surface area contributed by atoms with Gasteiger partial charge in [0.25, 0.3) is 0 Å². The van der Waals surface area contributed by atoms with Gasteiger partial charge < -0.3 is 10.2 Å². The van der Waals surface area contributed by atoms with Gasteiger partial charge in [-0.2, -0.15) is 0 Å². The van der Waals surface area contributed by atoms with E-state index in [-0.39, 0.29) is 17.5 Å². The second-order valence-electron chi connectivity index (χ2n) is 19.2. The molecule has 1 aliphatic carbocycles. The molecule has 2 atom stereocenters. The number of benzene rings is 1. The van der Waals surface area contributed by atoms with E-state index in [2.05, 4.69) is 210 Å². The lowest BCUT2D eigenvalue weighted by Crippen LogP contribution is -2.48. The molecule has 0 saturated heterocycles. The molecule has 291 valence electrons. The van der Waals surface area contributed by atoms with Gasteiger partial charge in [-0.3, -0.25) is 0 Å². The fourth-order valence-electron chi connectivity index (χ4n) is 8.30. The Kier molecular flexibility index (Phi) is 14.6. The second kappa shape index (κ2) is 17.9. The molecule has 2 unspecified atom stereocenters. The Morgan fingerprint density at radius 3 is 2.26 bits per heavy atom. The van der Waals surface area contributed by atoms with Crippen molar-refractivity contribution in [1.29, 1.82) is 0 Å². The molecule has 1 N–H and O–H groups in total. The van der Waals surface area contributed by atoms with E-state index in [1.54, 1.807) is 5.47 Å². The summed E-state index contributed by atoms with van der Waals surface area (Å²) in [5, 5.41) is 8.55. The predicted molar refractivity (Wildman–Crippen MR) is 247 cm³/mol. The first-order chi connectivity index (χ1) is 25.2. The van der Waals surface area contributed by atoms with E-state index in [0.29, 0.717) is 22.5 Å². The summed E-state index contributed by atoms with van der Waals surface area (Å²) in [5.74, 6) is 3.56. The van der Waals surface area contributed by atoms with Gasteiger partial charge in [0, 0.05) is 34.2 Å². The van der Waals surface area contributed by atoms with Crippen LogP contribution in [0.5, 0.6) is 0 Å². The van der Waals surface area contributed by atoms with Crippen LogP contribution in [0, 0.1) is 22.2 Å². The molecule has 1 saturated carbocycles. The number of fused-ring (bicyclic) bond motifs is 1. The summed E-state index contributed by atoms with van der Waals surface area (Å²) < 4.78 is 0. The van der Waals surface area contributed by atoms with E-state index < -0.39 is 8.80 Å². The van der Waals surface area contributed by atoms with E-state index >= 15 is 0 Å². The number of rotatable bonds is 13. The van der Waals surface area contributed by atoms with Crippen LogP contribution in [0.25, 0.3) is 0 Å². The van der Waals surface area contributed by atoms with Crippen molar-refractivity contribution in [2.45, 2.75) is 140 Å². The van der Waals surface area contributed by atoms with Crippen molar-refractivity contribution in [2.24, 2.45) is 22.2 Å². The average Bonchev–Trinajstić information content (AvgIpc) is 3.55. The minimum Gasteiger partial charge on any atom is -0.356 e. The largest absolute Gasteiger partial charge is 0.356 e. The van der Waals surface area contributed by atoms with Crippen LogP contribution in [0.15, 0.2) is 129 Å². The number of allylic oxidation sites excluding steroid dienone is 12. The average molecular weight is 760 g/mol. The van der Waals surface area contributed by atoms with Gasteiger partial charge >= 0.3 is 0 Å². The molecule has 1 aromatic carbocycles. The maximum Gasteiger partial charge on any atom is 0.236 e. The topological polar surface area (TPSA) is 15.3 Å². The minimum atomic E-state index is -0.524. The summed E-state index contributed by atoms with van der Waals surface area (Å²) in [5.41, 5.74) is 12.1. The van der Waals surface area contributed by atoms with E-state index in [9.17, 15) is 0 Å². The zero-order chi connectivity index (χ0) is 40.2.